The second-order valence-electron chi connectivity index (χ2n) is 3.28. The maximum Gasteiger partial charge on any atom is 0.193 e. The zero-order valence-electron chi connectivity index (χ0n) is 8.62. The molecule has 0 N–H and O–H groups in total. The molecule has 0 radical (unpaired) electrons. The second kappa shape index (κ2) is 7.59. The number of hydrogen-bond acceptors (Lipinski definition) is 2. The molecule has 74 valence electrons. The van der Waals surface area contributed by atoms with Gasteiger partial charge in [0.25, 0.3) is 0 Å². The molecule has 0 heterocycles. The van der Waals surface area contributed by atoms with Gasteiger partial charge in [-0.15, -0.1) is 0 Å². The highest BCUT2D eigenvalue weighted by molar-refractivity contribution is 5.77. The maximum absolute atomic E-state index is 5.11. The van der Waals surface area contributed by atoms with Crippen LogP contribution in [-0.2, 0) is 4.74 Å². The summed E-state index contributed by atoms with van der Waals surface area (Å²) < 4.78 is 5.11. The lowest BCUT2D eigenvalue weighted by Gasteiger charge is -2.05. The molecule has 0 atom stereocenters. The lowest BCUT2D eigenvalue weighted by Crippen LogP contribution is -2.00. The third-order valence-electron chi connectivity index (χ3n) is 1.63. The highest BCUT2D eigenvalue weighted by atomic mass is 16.5. The molecule has 2 nitrogen and oxygen atoms in total. The number of hydrogen-bond donors (Lipinski definition) is 0. The van der Waals surface area contributed by atoms with Crippen molar-refractivity contribution in [2.24, 2.45) is 10.9 Å². The van der Waals surface area contributed by atoms with Crippen LogP contribution in [0.4, 0.5) is 0 Å². The Hall–Kier alpha value is -1.05. The van der Waals surface area contributed by atoms with E-state index in [2.05, 4.69) is 32.0 Å². The van der Waals surface area contributed by atoms with Gasteiger partial charge in [0.05, 0.1) is 6.26 Å². The molecule has 0 aliphatic rings. The van der Waals surface area contributed by atoms with Crippen LogP contribution in [0.1, 0.15) is 33.1 Å². The topological polar surface area (TPSA) is 21.6 Å². The quantitative estimate of drug-likeness (QED) is 0.349. The highest BCUT2D eigenvalue weighted by Crippen LogP contribution is 2.07. The van der Waals surface area contributed by atoms with Crippen molar-refractivity contribution >= 4 is 5.90 Å². The van der Waals surface area contributed by atoms with Crippen molar-refractivity contribution in [3.63, 3.8) is 0 Å². The minimum Gasteiger partial charge on any atom is -0.451 e. The van der Waals surface area contributed by atoms with Crippen LogP contribution < -0.4 is 0 Å². The van der Waals surface area contributed by atoms with Crippen LogP contribution in [0.2, 0.25) is 0 Å². The van der Waals surface area contributed by atoms with Gasteiger partial charge in [-0.2, -0.15) is 0 Å². The van der Waals surface area contributed by atoms with Crippen LogP contribution in [0.25, 0.3) is 0 Å². The summed E-state index contributed by atoms with van der Waals surface area (Å²) >= 11 is 0. The van der Waals surface area contributed by atoms with Crippen molar-refractivity contribution in [1.82, 2.24) is 0 Å². The molecule has 0 saturated carbocycles. The zero-order chi connectivity index (χ0) is 10.1. The van der Waals surface area contributed by atoms with Crippen LogP contribution in [-0.4, -0.2) is 5.90 Å². The predicted molar refractivity (Wildman–Crippen MR) is 57.6 cm³/mol. The SMILES string of the molecule is C=C/N=C(/CCCC(C)C)OC=C. The van der Waals surface area contributed by atoms with Crippen LogP contribution in [0, 0.1) is 5.92 Å². The Morgan fingerprint density at radius 2 is 2.15 bits per heavy atom. The zero-order valence-corrected chi connectivity index (χ0v) is 8.62. The highest BCUT2D eigenvalue weighted by Gasteiger charge is 1.99. The van der Waals surface area contributed by atoms with E-state index in [1.807, 2.05) is 0 Å². The summed E-state index contributed by atoms with van der Waals surface area (Å²) in [4.78, 5) is 4.00. The first-order chi connectivity index (χ1) is 6.20. The molecule has 0 fully saturated rings. The molecule has 0 amide bonds. The lowest BCUT2D eigenvalue weighted by molar-refractivity contribution is 0.447. The molecule has 13 heavy (non-hydrogen) atoms. The summed E-state index contributed by atoms with van der Waals surface area (Å²) in [6.45, 7) is 11.4. The Labute approximate surface area is 81.0 Å². The molecule has 2 heteroatoms. The average molecular weight is 181 g/mol. The lowest BCUT2D eigenvalue weighted by atomic mass is 10.1. The third-order valence-corrected chi connectivity index (χ3v) is 1.63. The minimum atomic E-state index is 0.700. The monoisotopic (exact) mass is 181 g/mol. The van der Waals surface area contributed by atoms with Crippen molar-refractivity contribution in [1.29, 1.82) is 0 Å². The van der Waals surface area contributed by atoms with Gasteiger partial charge >= 0.3 is 0 Å². The van der Waals surface area contributed by atoms with Gasteiger partial charge in [-0.25, -0.2) is 4.99 Å². The summed E-state index contributed by atoms with van der Waals surface area (Å²) in [5.74, 6) is 1.43. The molecule has 0 aromatic rings. The van der Waals surface area contributed by atoms with E-state index >= 15 is 0 Å². The number of aliphatic imine (C=N–C) groups is 1. The van der Waals surface area contributed by atoms with Crippen molar-refractivity contribution in [2.75, 3.05) is 0 Å². The van der Waals surface area contributed by atoms with Gasteiger partial charge in [-0.3, -0.25) is 0 Å². The van der Waals surface area contributed by atoms with Gasteiger partial charge < -0.3 is 4.74 Å². The molecule has 0 aliphatic carbocycles. The average Bonchev–Trinajstić information content (AvgIpc) is 2.04. The molecule has 0 aromatic heterocycles. The summed E-state index contributed by atoms with van der Waals surface area (Å²) in [6, 6.07) is 0. The normalized spacial score (nSPS) is 11.5. The molecule has 0 aromatic carbocycles. The summed E-state index contributed by atoms with van der Waals surface area (Å²) in [5.41, 5.74) is 0. The number of nitrogens with zero attached hydrogens (tertiary/aromatic N) is 1. The molecular formula is C11H19NO. The summed E-state index contributed by atoms with van der Waals surface area (Å²) in [6.07, 6.45) is 6.04. The fourth-order valence-electron chi connectivity index (χ4n) is 1.01. The van der Waals surface area contributed by atoms with E-state index in [0.29, 0.717) is 5.90 Å². The van der Waals surface area contributed by atoms with Gasteiger partial charge in [0.15, 0.2) is 5.90 Å². The first kappa shape index (κ1) is 11.9. The Balaban J connectivity index is 3.75. The second-order valence-corrected chi connectivity index (χ2v) is 3.28. The van der Waals surface area contributed by atoms with E-state index in [0.717, 1.165) is 18.8 Å². The van der Waals surface area contributed by atoms with Gasteiger partial charge in [0.1, 0.15) is 0 Å². The molecule has 0 bridgehead atoms. The van der Waals surface area contributed by atoms with Crippen LogP contribution in [0.3, 0.4) is 0 Å². The van der Waals surface area contributed by atoms with Gasteiger partial charge in [0.2, 0.25) is 0 Å². The fraction of sp³-hybridized carbons (Fsp3) is 0.545. The van der Waals surface area contributed by atoms with Gasteiger partial charge in [0, 0.05) is 12.6 Å². The van der Waals surface area contributed by atoms with E-state index in [1.165, 1.54) is 18.9 Å². The van der Waals surface area contributed by atoms with E-state index in [1.54, 1.807) is 0 Å². The molecular weight excluding hydrogens is 162 g/mol. The van der Waals surface area contributed by atoms with Crippen molar-refractivity contribution in [2.45, 2.75) is 33.1 Å². The molecule has 0 aliphatic heterocycles. The van der Waals surface area contributed by atoms with Crippen molar-refractivity contribution in [3.05, 3.63) is 25.6 Å². The maximum atomic E-state index is 5.11. The Bertz CT molecular complexity index is 183. The van der Waals surface area contributed by atoms with E-state index in [-0.39, 0.29) is 0 Å². The predicted octanol–water partition coefficient (Wildman–Crippen LogP) is 3.51. The van der Waals surface area contributed by atoms with Crippen molar-refractivity contribution in [3.8, 4) is 0 Å². The third kappa shape index (κ3) is 7.32. The van der Waals surface area contributed by atoms with Gasteiger partial charge in [-0.1, -0.05) is 33.4 Å². The molecule has 0 spiro atoms. The summed E-state index contributed by atoms with van der Waals surface area (Å²) in [7, 11) is 0. The standard InChI is InChI=1S/C11H19NO/c1-5-12-11(13-6-2)9-7-8-10(3)4/h5-6,10H,1-2,7-9H2,3-4H3/b12-11-. The summed E-state index contributed by atoms with van der Waals surface area (Å²) in [5, 5.41) is 0. The van der Waals surface area contributed by atoms with Gasteiger partial charge in [-0.05, 0) is 12.3 Å². The Morgan fingerprint density at radius 1 is 1.46 bits per heavy atom. The smallest absolute Gasteiger partial charge is 0.193 e. The molecule has 0 saturated heterocycles. The van der Waals surface area contributed by atoms with Crippen LogP contribution in [0.15, 0.2) is 30.6 Å². The van der Waals surface area contributed by atoms with Crippen LogP contribution in [0.5, 0.6) is 0 Å². The Morgan fingerprint density at radius 3 is 2.62 bits per heavy atom. The first-order valence-corrected chi connectivity index (χ1v) is 4.65. The Kier molecular flexibility index (Phi) is 6.98. The van der Waals surface area contributed by atoms with Crippen LogP contribution >= 0.6 is 0 Å². The number of ether oxygens (including phenoxy) is 1. The van der Waals surface area contributed by atoms with E-state index < -0.39 is 0 Å². The largest absolute Gasteiger partial charge is 0.451 e. The molecule has 0 rings (SSSR count). The van der Waals surface area contributed by atoms with Crippen molar-refractivity contribution < 1.29 is 4.74 Å². The fourth-order valence-corrected chi connectivity index (χ4v) is 1.01. The number of rotatable bonds is 6. The van der Waals surface area contributed by atoms with E-state index in [4.69, 9.17) is 4.74 Å². The minimum absolute atomic E-state index is 0.700. The molecule has 0 unspecified atom stereocenters. The van der Waals surface area contributed by atoms with E-state index in [9.17, 15) is 0 Å². The first-order valence-electron chi connectivity index (χ1n) is 4.65.